The Morgan fingerprint density at radius 3 is 2.67 bits per heavy atom. The van der Waals surface area contributed by atoms with Gasteiger partial charge >= 0.3 is 0 Å². The molecule has 0 saturated carbocycles. The fourth-order valence-electron chi connectivity index (χ4n) is 3.66. The molecule has 6 heteroatoms. The molecular formula is C21H18FN3OS. The molecule has 2 aliphatic rings. The second kappa shape index (κ2) is 7.09. The molecule has 1 fully saturated rings. The first-order valence-electron chi connectivity index (χ1n) is 8.72. The minimum Gasteiger partial charge on any atom is -0.343 e. The van der Waals surface area contributed by atoms with Gasteiger partial charge in [0.1, 0.15) is 5.82 Å². The second-order valence-electron chi connectivity index (χ2n) is 6.67. The van der Waals surface area contributed by atoms with E-state index in [1.165, 1.54) is 17.8 Å². The van der Waals surface area contributed by atoms with Crippen LogP contribution in [0.2, 0.25) is 0 Å². The maximum absolute atomic E-state index is 14.3. The van der Waals surface area contributed by atoms with Crippen LogP contribution in [0.3, 0.4) is 0 Å². The van der Waals surface area contributed by atoms with E-state index in [1.807, 2.05) is 31.2 Å². The van der Waals surface area contributed by atoms with Gasteiger partial charge in [0.05, 0.1) is 29.2 Å². The minimum absolute atomic E-state index is 0.0805. The third kappa shape index (κ3) is 3.08. The summed E-state index contributed by atoms with van der Waals surface area (Å²) in [6.45, 7) is 2.44. The monoisotopic (exact) mass is 379 g/mol. The molecule has 2 aliphatic heterocycles. The lowest BCUT2D eigenvalue weighted by Crippen LogP contribution is -2.47. The Kier molecular flexibility index (Phi) is 4.63. The molecule has 0 unspecified atom stereocenters. The number of thioether (sulfide) groups is 1. The predicted octanol–water partition coefficient (Wildman–Crippen LogP) is 4.35. The summed E-state index contributed by atoms with van der Waals surface area (Å²) in [5.74, 6) is -0.339. The summed E-state index contributed by atoms with van der Waals surface area (Å²) < 4.78 is 14.3. The van der Waals surface area contributed by atoms with Gasteiger partial charge in [0.25, 0.3) is 0 Å². The van der Waals surface area contributed by atoms with Gasteiger partial charge in [-0.1, -0.05) is 48.2 Å². The Morgan fingerprint density at radius 2 is 1.93 bits per heavy atom. The summed E-state index contributed by atoms with van der Waals surface area (Å²) in [4.78, 5) is 16.7. The van der Waals surface area contributed by atoms with Gasteiger partial charge in [-0.05, 0) is 30.2 Å². The van der Waals surface area contributed by atoms with Gasteiger partial charge in [0.2, 0.25) is 5.91 Å². The second-order valence-corrected chi connectivity index (χ2v) is 7.61. The first kappa shape index (κ1) is 17.6. The highest BCUT2D eigenvalue weighted by Crippen LogP contribution is 2.43. The van der Waals surface area contributed by atoms with E-state index < -0.39 is 5.92 Å². The predicted molar refractivity (Wildman–Crippen MR) is 104 cm³/mol. The van der Waals surface area contributed by atoms with E-state index in [9.17, 15) is 14.4 Å². The van der Waals surface area contributed by atoms with Crippen LogP contribution >= 0.6 is 11.8 Å². The summed E-state index contributed by atoms with van der Waals surface area (Å²) in [5, 5.41) is 10.4. The van der Waals surface area contributed by atoms with Crippen LogP contribution in [-0.4, -0.2) is 23.4 Å². The van der Waals surface area contributed by atoms with Gasteiger partial charge in [-0.2, -0.15) is 5.26 Å². The van der Waals surface area contributed by atoms with Crippen LogP contribution < -0.4 is 4.90 Å². The number of hydrogen-bond donors (Lipinski definition) is 0. The normalized spacial score (nSPS) is 19.7. The standard InChI is InChI=1S/C21H18FN3OS/c1-14-6-2-5-9-19(14)24-12-25-20(26)10-16(15-7-3-4-8-18(15)22)17(11-23)21(25)27-13-24/h2-9,16H,10,12-13H2,1H3/t16-/m0/s1. The SMILES string of the molecule is Cc1ccccc1N1CSC2=C(C#N)[C@H](c3ccccc3F)CC(=O)N2C1. The van der Waals surface area contributed by atoms with Crippen molar-refractivity contribution < 1.29 is 9.18 Å². The number of aryl methyl sites for hydroxylation is 1. The molecule has 0 spiro atoms. The van der Waals surface area contributed by atoms with E-state index in [0.29, 0.717) is 28.7 Å². The van der Waals surface area contributed by atoms with Crippen LogP contribution in [0.25, 0.3) is 0 Å². The zero-order valence-corrected chi connectivity index (χ0v) is 15.7. The van der Waals surface area contributed by atoms with Gasteiger partial charge < -0.3 is 4.90 Å². The fourth-order valence-corrected chi connectivity index (χ4v) is 4.81. The molecule has 136 valence electrons. The number of carbonyl (C=O) groups excluding carboxylic acids is 1. The number of nitriles is 1. The van der Waals surface area contributed by atoms with Gasteiger partial charge in [-0.3, -0.25) is 9.69 Å². The highest BCUT2D eigenvalue weighted by molar-refractivity contribution is 8.03. The van der Waals surface area contributed by atoms with Crippen LogP contribution in [0, 0.1) is 24.1 Å². The quantitative estimate of drug-likeness (QED) is 0.778. The van der Waals surface area contributed by atoms with Crippen LogP contribution in [0.15, 0.2) is 59.1 Å². The van der Waals surface area contributed by atoms with Crippen molar-refractivity contribution in [1.82, 2.24) is 4.90 Å². The van der Waals surface area contributed by atoms with E-state index >= 15 is 0 Å². The fraction of sp³-hybridized carbons (Fsp3) is 0.238. The van der Waals surface area contributed by atoms with Crippen molar-refractivity contribution >= 4 is 23.4 Å². The summed E-state index contributed by atoms with van der Waals surface area (Å²) in [6.07, 6.45) is 0.107. The lowest BCUT2D eigenvalue weighted by atomic mass is 9.86. The molecule has 2 aromatic carbocycles. The third-order valence-electron chi connectivity index (χ3n) is 5.03. The number of rotatable bonds is 2. The summed E-state index contributed by atoms with van der Waals surface area (Å²) in [5.41, 5.74) is 3.11. The first-order valence-corrected chi connectivity index (χ1v) is 9.71. The van der Waals surface area contributed by atoms with E-state index in [2.05, 4.69) is 11.0 Å². The van der Waals surface area contributed by atoms with Gasteiger partial charge in [0.15, 0.2) is 0 Å². The van der Waals surface area contributed by atoms with Crippen molar-refractivity contribution in [1.29, 1.82) is 5.26 Å². The number of hydrogen-bond acceptors (Lipinski definition) is 4. The molecule has 0 aromatic heterocycles. The molecule has 4 nitrogen and oxygen atoms in total. The van der Waals surface area contributed by atoms with Gasteiger partial charge in [-0.15, -0.1) is 0 Å². The zero-order chi connectivity index (χ0) is 19.0. The molecule has 0 N–H and O–H groups in total. The topological polar surface area (TPSA) is 47.3 Å². The lowest BCUT2D eigenvalue weighted by Gasteiger charge is -2.42. The van der Waals surface area contributed by atoms with Crippen LogP contribution in [0.1, 0.15) is 23.5 Å². The molecular weight excluding hydrogens is 361 g/mol. The number of nitrogens with zero attached hydrogens (tertiary/aromatic N) is 3. The summed E-state index contributed by atoms with van der Waals surface area (Å²) in [6, 6.07) is 16.7. The first-order chi connectivity index (χ1) is 13.1. The van der Waals surface area contributed by atoms with Crippen molar-refractivity contribution in [3.63, 3.8) is 0 Å². The highest BCUT2D eigenvalue weighted by Gasteiger charge is 2.39. The van der Waals surface area contributed by atoms with Crippen molar-refractivity contribution in [2.24, 2.45) is 0 Å². The number of halogens is 1. The zero-order valence-electron chi connectivity index (χ0n) is 14.9. The Bertz CT molecular complexity index is 981. The van der Waals surface area contributed by atoms with Crippen LogP contribution in [-0.2, 0) is 4.79 Å². The molecule has 27 heavy (non-hydrogen) atoms. The highest BCUT2D eigenvalue weighted by atomic mass is 32.2. The minimum atomic E-state index is -0.521. The van der Waals surface area contributed by atoms with Crippen molar-refractivity contribution in [2.75, 3.05) is 17.4 Å². The van der Waals surface area contributed by atoms with Crippen molar-refractivity contribution in [3.8, 4) is 6.07 Å². The average Bonchev–Trinajstić information content (AvgIpc) is 2.68. The largest absolute Gasteiger partial charge is 0.343 e. The van der Waals surface area contributed by atoms with Gasteiger partial charge in [0, 0.05) is 18.0 Å². The Balaban J connectivity index is 1.70. The van der Waals surface area contributed by atoms with E-state index in [-0.39, 0.29) is 18.1 Å². The van der Waals surface area contributed by atoms with Crippen LogP contribution in [0.5, 0.6) is 0 Å². The molecule has 2 heterocycles. The maximum Gasteiger partial charge on any atom is 0.229 e. The summed E-state index contributed by atoms with van der Waals surface area (Å²) >= 11 is 1.47. The number of fused-ring (bicyclic) bond motifs is 1. The maximum atomic E-state index is 14.3. The smallest absolute Gasteiger partial charge is 0.229 e. The van der Waals surface area contributed by atoms with E-state index in [1.54, 1.807) is 23.1 Å². The average molecular weight is 379 g/mol. The Labute approximate surface area is 161 Å². The molecule has 1 atom stereocenters. The van der Waals surface area contributed by atoms with Crippen LogP contribution in [0.4, 0.5) is 10.1 Å². The Hall–Kier alpha value is -2.78. The number of amides is 1. The molecule has 0 radical (unpaired) electrons. The van der Waals surface area contributed by atoms with Crippen molar-refractivity contribution in [3.05, 3.63) is 76.1 Å². The lowest BCUT2D eigenvalue weighted by molar-refractivity contribution is -0.129. The molecule has 0 bridgehead atoms. The molecule has 1 saturated heterocycles. The molecule has 2 aromatic rings. The number of allylic oxidation sites excluding steroid dienone is 1. The molecule has 4 rings (SSSR count). The van der Waals surface area contributed by atoms with Crippen molar-refractivity contribution in [2.45, 2.75) is 19.3 Å². The number of anilines is 1. The molecule has 1 amide bonds. The van der Waals surface area contributed by atoms with E-state index in [0.717, 1.165) is 11.3 Å². The van der Waals surface area contributed by atoms with Gasteiger partial charge in [-0.25, -0.2) is 4.39 Å². The number of para-hydroxylation sites is 1. The number of carbonyl (C=O) groups is 1. The summed E-state index contributed by atoms with van der Waals surface area (Å²) in [7, 11) is 0. The molecule has 0 aliphatic carbocycles. The Morgan fingerprint density at radius 1 is 1.19 bits per heavy atom. The van der Waals surface area contributed by atoms with E-state index in [4.69, 9.17) is 0 Å². The number of benzene rings is 2. The third-order valence-corrected chi connectivity index (χ3v) is 6.18.